The molecule has 0 saturated carbocycles. The van der Waals surface area contributed by atoms with Crippen molar-refractivity contribution in [3.05, 3.63) is 35.4 Å². The molecule has 0 fully saturated rings. The standard InChI is InChI=1S/C15H19F2NO3/c1-10(2)9-18(6-5-15(20)21)14(19)7-11-3-4-12(16)8-13(11)17/h3-4,8,10H,5-7,9H2,1-2H3,(H,20,21). The van der Waals surface area contributed by atoms with E-state index in [2.05, 4.69) is 0 Å². The van der Waals surface area contributed by atoms with Gasteiger partial charge in [-0.05, 0) is 17.5 Å². The summed E-state index contributed by atoms with van der Waals surface area (Å²) in [6, 6.07) is 3.05. The number of carbonyl (C=O) groups excluding carboxylic acids is 1. The molecule has 0 spiro atoms. The number of benzene rings is 1. The predicted octanol–water partition coefficient (Wildman–Crippen LogP) is 2.47. The van der Waals surface area contributed by atoms with Gasteiger partial charge in [0.25, 0.3) is 0 Å². The van der Waals surface area contributed by atoms with E-state index in [1.165, 1.54) is 11.0 Å². The van der Waals surface area contributed by atoms with Crippen LogP contribution >= 0.6 is 0 Å². The van der Waals surface area contributed by atoms with Gasteiger partial charge in [-0.25, -0.2) is 8.78 Å². The zero-order valence-corrected chi connectivity index (χ0v) is 12.1. The molecule has 1 aromatic rings. The van der Waals surface area contributed by atoms with Crippen molar-refractivity contribution in [1.82, 2.24) is 4.90 Å². The summed E-state index contributed by atoms with van der Waals surface area (Å²) >= 11 is 0. The lowest BCUT2D eigenvalue weighted by atomic mass is 10.1. The number of carboxylic acids is 1. The molecule has 4 nitrogen and oxygen atoms in total. The molecule has 0 heterocycles. The molecule has 1 amide bonds. The highest BCUT2D eigenvalue weighted by atomic mass is 19.1. The number of rotatable bonds is 7. The molecule has 0 aliphatic rings. The first-order valence-corrected chi connectivity index (χ1v) is 6.73. The molecule has 0 unspecified atom stereocenters. The lowest BCUT2D eigenvalue weighted by molar-refractivity contribution is -0.138. The SMILES string of the molecule is CC(C)CN(CCC(=O)O)C(=O)Cc1ccc(F)cc1F. The number of amides is 1. The second-order valence-corrected chi connectivity index (χ2v) is 5.29. The molecule has 0 aromatic heterocycles. The Hall–Kier alpha value is -1.98. The molecule has 0 bridgehead atoms. The Labute approximate surface area is 122 Å². The third-order valence-corrected chi connectivity index (χ3v) is 2.89. The highest BCUT2D eigenvalue weighted by molar-refractivity contribution is 5.79. The third kappa shape index (κ3) is 5.89. The van der Waals surface area contributed by atoms with Crippen molar-refractivity contribution in [3.63, 3.8) is 0 Å². The summed E-state index contributed by atoms with van der Waals surface area (Å²) in [7, 11) is 0. The summed E-state index contributed by atoms with van der Waals surface area (Å²) < 4.78 is 26.4. The molecule has 0 atom stereocenters. The summed E-state index contributed by atoms with van der Waals surface area (Å²) in [5.74, 6) is -2.67. The van der Waals surface area contributed by atoms with Gasteiger partial charge in [-0.1, -0.05) is 19.9 Å². The Kier molecular flexibility index (Phi) is 6.27. The van der Waals surface area contributed by atoms with E-state index in [1.54, 1.807) is 0 Å². The topological polar surface area (TPSA) is 57.6 Å². The van der Waals surface area contributed by atoms with Crippen molar-refractivity contribution in [2.45, 2.75) is 26.7 Å². The van der Waals surface area contributed by atoms with Gasteiger partial charge in [0.2, 0.25) is 5.91 Å². The minimum Gasteiger partial charge on any atom is -0.481 e. The Bertz CT molecular complexity index is 518. The molecular weight excluding hydrogens is 280 g/mol. The number of hydrogen-bond acceptors (Lipinski definition) is 2. The summed E-state index contributed by atoms with van der Waals surface area (Å²) in [5, 5.41) is 8.70. The molecule has 0 radical (unpaired) electrons. The molecule has 0 aliphatic heterocycles. The van der Waals surface area contributed by atoms with Gasteiger partial charge in [0.05, 0.1) is 12.8 Å². The number of carbonyl (C=O) groups is 2. The maximum Gasteiger partial charge on any atom is 0.305 e. The first-order chi connectivity index (χ1) is 9.79. The smallest absolute Gasteiger partial charge is 0.305 e. The van der Waals surface area contributed by atoms with E-state index in [0.29, 0.717) is 6.54 Å². The van der Waals surface area contributed by atoms with Crippen LogP contribution in [-0.4, -0.2) is 35.0 Å². The van der Waals surface area contributed by atoms with Crippen LogP contribution in [0.2, 0.25) is 0 Å². The Balaban J connectivity index is 2.77. The molecule has 21 heavy (non-hydrogen) atoms. The molecule has 6 heteroatoms. The monoisotopic (exact) mass is 299 g/mol. The summed E-state index contributed by atoms with van der Waals surface area (Å²) in [4.78, 5) is 24.2. The van der Waals surface area contributed by atoms with Crippen LogP contribution < -0.4 is 0 Å². The number of halogens is 2. The molecule has 0 saturated heterocycles. The summed E-state index contributed by atoms with van der Waals surface area (Å²) in [6.45, 7) is 4.28. The average molecular weight is 299 g/mol. The highest BCUT2D eigenvalue weighted by Crippen LogP contribution is 2.12. The van der Waals surface area contributed by atoms with Crippen molar-refractivity contribution in [3.8, 4) is 0 Å². The van der Waals surface area contributed by atoms with Gasteiger partial charge in [-0.2, -0.15) is 0 Å². The molecule has 0 aliphatic carbocycles. The number of aliphatic carboxylic acids is 1. The summed E-state index contributed by atoms with van der Waals surface area (Å²) in [6.07, 6.45) is -0.372. The van der Waals surface area contributed by atoms with E-state index < -0.39 is 17.6 Å². The second kappa shape index (κ2) is 7.71. The van der Waals surface area contributed by atoms with Gasteiger partial charge in [-0.15, -0.1) is 0 Å². The van der Waals surface area contributed by atoms with E-state index >= 15 is 0 Å². The lowest BCUT2D eigenvalue weighted by Gasteiger charge is -2.24. The lowest BCUT2D eigenvalue weighted by Crippen LogP contribution is -2.37. The number of carboxylic acid groups (broad SMARTS) is 1. The molecule has 116 valence electrons. The van der Waals surface area contributed by atoms with Crippen molar-refractivity contribution in [1.29, 1.82) is 0 Å². The predicted molar refractivity (Wildman–Crippen MR) is 73.7 cm³/mol. The van der Waals surface area contributed by atoms with E-state index in [1.807, 2.05) is 13.8 Å². The van der Waals surface area contributed by atoms with Crippen LogP contribution in [-0.2, 0) is 16.0 Å². The highest BCUT2D eigenvalue weighted by Gasteiger charge is 2.18. The first kappa shape index (κ1) is 17.1. The van der Waals surface area contributed by atoms with Gasteiger partial charge < -0.3 is 10.0 Å². The fourth-order valence-electron chi connectivity index (χ4n) is 1.93. The summed E-state index contributed by atoms with van der Waals surface area (Å²) in [5.41, 5.74) is 0.102. The van der Waals surface area contributed by atoms with Gasteiger partial charge in [-0.3, -0.25) is 9.59 Å². The number of hydrogen-bond donors (Lipinski definition) is 1. The third-order valence-electron chi connectivity index (χ3n) is 2.89. The van der Waals surface area contributed by atoms with Crippen molar-refractivity contribution >= 4 is 11.9 Å². The van der Waals surface area contributed by atoms with Gasteiger partial charge in [0.1, 0.15) is 11.6 Å². The van der Waals surface area contributed by atoms with E-state index in [9.17, 15) is 18.4 Å². The van der Waals surface area contributed by atoms with E-state index in [0.717, 1.165) is 12.1 Å². The Morgan fingerprint density at radius 1 is 1.29 bits per heavy atom. The molecule has 1 aromatic carbocycles. The maximum atomic E-state index is 13.5. The van der Waals surface area contributed by atoms with Crippen LogP contribution in [0.25, 0.3) is 0 Å². The van der Waals surface area contributed by atoms with Crippen LogP contribution in [0.4, 0.5) is 8.78 Å². The second-order valence-electron chi connectivity index (χ2n) is 5.29. The minimum atomic E-state index is -0.996. The first-order valence-electron chi connectivity index (χ1n) is 6.73. The minimum absolute atomic E-state index is 0.0785. The van der Waals surface area contributed by atoms with Crippen molar-refractivity contribution < 1.29 is 23.5 Å². The van der Waals surface area contributed by atoms with Gasteiger partial charge >= 0.3 is 5.97 Å². The van der Waals surface area contributed by atoms with Crippen LogP contribution in [0.5, 0.6) is 0 Å². The van der Waals surface area contributed by atoms with Crippen LogP contribution in [0.3, 0.4) is 0 Å². The van der Waals surface area contributed by atoms with E-state index in [-0.39, 0.29) is 36.8 Å². The van der Waals surface area contributed by atoms with Crippen molar-refractivity contribution in [2.24, 2.45) is 5.92 Å². The maximum absolute atomic E-state index is 13.5. The van der Waals surface area contributed by atoms with Crippen LogP contribution in [0, 0.1) is 17.6 Å². The zero-order valence-electron chi connectivity index (χ0n) is 12.1. The molecule has 1 N–H and O–H groups in total. The fourth-order valence-corrected chi connectivity index (χ4v) is 1.93. The van der Waals surface area contributed by atoms with Crippen molar-refractivity contribution in [2.75, 3.05) is 13.1 Å². The normalized spacial score (nSPS) is 10.7. The fraction of sp³-hybridized carbons (Fsp3) is 0.467. The number of nitrogens with zero attached hydrogens (tertiary/aromatic N) is 1. The molecular formula is C15H19F2NO3. The van der Waals surface area contributed by atoms with E-state index in [4.69, 9.17) is 5.11 Å². The largest absolute Gasteiger partial charge is 0.481 e. The van der Waals surface area contributed by atoms with Gasteiger partial charge in [0.15, 0.2) is 0 Å². The van der Waals surface area contributed by atoms with Crippen LogP contribution in [0.1, 0.15) is 25.8 Å². The Morgan fingerprint density at radius 3 is 2.48 bits per heavy atom. The van der Waals surface area contributed by atoms with Gasteiger partial charge in [0, 0.05) is 19.2 Å². The zero-order chi connectivity index (χ0) is 16.0. The molecule has 1 rings (SSSR count). The Morgan fingerprint density at radius 2 is 1.95 bits per heavy atom. The van der Waals surface area contributed by atoms with Crippen LogP contribution in [0.15, 0.2) is 18.2 Å². The average Bonchev–Trinajstić information content (AvgIpc) is 2.37. The quantitative estimate of drug-likeness (QED) is 0.841.